The van der Waals surface area contributed by atoms with Gasteiger partial charge in [-0.25, -0.2) is 0 Å². The van der Waals surface area contributed by atoms with Gasteiger partial charge in [0.05, 0.1) is 0 Å². The summed E-state index contributed by atoms with van der Waals surface area (Å²) in [6.45, 7) is 0. The largest absolute Gasteiger partial charge is 0.508 e. The van der Waals surface area contributed by atoms with Gasteiger partial charge in [-0.1, -0.05) is 12.1 Å². The lowest BCUT2D eigenvalue weighted by atomic mass is 10.1. The second-order valence-corrected chi connectivity index (χ2v) is 2.56. The van der Waals surface area contributed by atoms with Crippen LogP contribution < -0.4 is 0 Å². The highest BCUT2D eigenvalue weighted by Gasteiger charge is 1.98. The fourth-order valence-electron chi connectivity index (χ4n) is 0.914. The predicted octanol–water partition coefficient (Wildman–Crippen LogP) is 1.66. The number of hydrogen-bond donors (Lipinski definition) is 2. The van der Waals surface area contributed by atoms with E-state index in [9.17, 15) is 4.79 Å². The van der Waals surface area contributed by atoms with E-state index in [0.717, 1.165) is 5.56 Å². The van der Waals surface area contributed by atoms with E-state index in [0.29, 0.717) is 6.42 Å². The lowest BCUT2D eigenvalue weighted by Gasteiger charge is -1.97. The molecule has 1 rings (SSSR count). The summed E-state index contributed by atoms with van der Waals surface area (Å²) in [5.41, 5.74) is 0.926. The van der Waals surface area contributed by atoms with Gasteiger partial charge in [0.25, 0.3) is 0 Å². The van der Waals surface area contributed by atoms with Crippen LogP contribution in [0.2, 0.25) is 0 Å². The van der Waals surface area contributed by atoms with Gasteiger partial charge in [-0.3, -0.25) is 4.79 Å². The van der Waals surface area contributed by atoms with E-state index in [1.165, 1.54) is 0 Å². The van der Waals surface area contributed by atoms with Crippen molar-refractivity contribution >= 4 is 5.97 Å². The van der Waals surface area contributed by atoms with Crippen molar-refractivity contribution in [1.82, 2.24) is 0 Å². The average Bonchev–Trinajstić information content (AvgIpc) is 2.03. The van der Waals surface area contributed by atoms with E-state index >= 15 is 0 Å². The molecule has 3 nitrogen and oxygen atoms in total. The molecule has 12 heavy (non-hydrogen) atoms. The van der Waals surface area contributed by atoms with Crippen LogP contribution in [-0.4, -0.2) is 16.2 Å². The normalized spacial score (nSPS) is 9.67. The number of carbonyl (C=O) groups is 1. The van der Waals surface area contributed by atoms with Gasteiger partial charge in [-0.15, -0.1) is 0 Å². The van der Waals surface area contributed by atoms with Crippen LogP contribution in [0.5, 0.6) is 5.75 Å². The van der Waals surface area contributed by atoms with E-state index < -0.39 is 5.97 Å². The number of carboxylic acids is 1. The quantitative estimate of drug-likeness (QED) is 0.721. The molecule has 2 N–H and O–H groups in total. The summed E-state index contributed by atoms with van der Waals surface area (Å²) in [5.74, 6) is -0.600. The molecule has 0 unspecified atom stereocenters. The minimum atomic E-state index is -0.803. The summed E-state index contributed by atoms with van der Waals surface area (Å²) >= 11 is 0. The summed E-state index contributed by atoms with van der Waals surface area (Å²) in [6.07, 6.45) is 0.639. The van der Waals surface area contributed by atoms with Crippen molar-refractivity contribution in [2.45, 2.75) is 12.8 Å². The van der Waals surface area contributed by atoms with Crippen LogP contribution in [0.3, 0.4) is 0 Å². The zero-order chi connectivity index (χ0) is 8.97. The molecule has 0 amide bonds. The van der Waals surface area contributed by atoms with Crippen LogP contribution in [0.15, 0.2) is 24.3 Å². The molecular formula is C9H12O3. The monoisotopic (exact) mass is 168 g/mol. The molecular weight excluding hydrogens is 156 g/mol. The van der Waals surface area contributed by atoms with Crippen LogP contribution in [0.25, 0.3) is 0 Å². The van der Waals surface area contributed by atoms with Crippen LogP contribution in [0.4, 0.5) is 0 Å². The van der Waals surface area contributed by atoms with Crippen LogP contribution in [-0.2, 0) is 11.2 Å². The molecule has 3 heteroatoms. The SMILES string of the molecule is O=C(O)CCc1ccc(O)cc1.[HH]. The molecule has 0 bridgehead atoms. The van der Waals surface area contributed by atoms with E-state index in [4.69, 9.17) is 10.2 Å². The summed E-state index contributed by atoms with van der Waals surface area (Å²) < 4.78 is 0. The Labute approximate surface area is 71.8 Å². The molecule has 0 aliphatic rings. The molecule has 1 aromatic carbocycles. The number of aryl methyl sites for hydroxylation is 1. The van der Waals surface area contributed by atoms with Gasteiger partial charge in [0, 0.05) is 7.85 Å². The second-order valence-electron chi connectivity index (χ2n) is 2.56. The van der Waals surface area contributed by atoms with Gasteiger partial charge in [0.15, 0.2) is 0 Å². The van der Waals surface area contributed by atoms with Crippen molar-refractivity contribution in [1.29, 1.82) is 0 Å². The number of rotatable bonds is 3. The molecule has 0 atom stereocenters. The Morgan fingerprint density at radius 3 is 2.42 bits per heavy atom. The smallest absolute Gasteiger partial charge is 0.303 e. The minimum absolute atomic E-state index is 0. The fraction of sp³-hybridized carbons (Fsp3) is 0.222. The van der Waals surface area contributed by atoms with Crippen molar-refractivity contribution < 1.29 is 16.4 Å². The zero-order valence-corrected chi connectivity index (χ0v) is 6.53. The fourth-order valence-corrected chi connectivity index (χ4v) is 0.914. The van der Waals surface area contributed by atoms with Crippen LogP contribution in [0.1, 0.15) is 13.4 Å². The lowest BCUT2D eigenvalue weighted by Crippen LogP contribution is -1.96. The molecule has 0 saturated heterocycles. The first-order chi connectivity index (χ1) is 5.68. The Balaban J connectivity index is 0.00000144. The Morgan fingerprint density at radius 1 is 1.33 bits per heavy atom. The predicted molar refractivity (Wildman–Crippen MR) is 46.2 cm³/mol. The molecule has 0 radical (unpaired) electrons. The van der Waals surface area contributed by atoms with Gasteiger partial charge in [0.2, 0.25) is 0 Å². The number of benzene rings is 1. The van der Waals surface area contributed by atoms with Crippen molar-refractivity contribution in [3.05, 3.63) is 29.8 Å². The summed E-state index contributed by atoms with van der Waals surface area (Å²) in [6, 6.07) is 6.55. The highest BCUT2D eigenvalue weighted by molar-refractivity contribution is 5.67. The van der Waals surface area contributed by atoms with E-state index in [-0.39, 0.29) is 13.6 Å². The topological polar surface area (TPSA) is 57.5 Å². The van der Waals surface area contributed by atoms with Gasteiger partial charge in [0.1, 0.15) is 5.75 Å². The van der Waals surface area contributed by atoms with Crippen LogP contribution in [0, 0.1) is 0 Å². The molecule has 0 fully saturated rings. The Hall–Kier alpha value is -1.51. The number of carboxylic acid groups (broad SMARTS) is 1. The third-order valence-electron chi connectivity index (χ3n) is 1.56. The minimum Gasteiger partial charge on any atom is -0.508 e. The number of phenols is 1. The van der Waals surface area contributed by atoms with E-state index in [1.807, 2.05) is 0 Å². The molecule has 0 heterocycles. The highest BCUT2D eigenvalue weighted by atomic mass is 16.4. The third kappa shape index (κ3) is 2.62. The summed E-state index contributed by atoms with van der Waals surface area (Å²) in [7, 11) is 0. The first-order valence-corrected chi connectivity index (χ1v) is 3.68. The van der Waals surface area contributed by atoms with Crippen molar-refractivity contribution in [2.75, 3.05) is 0 Å². The molecule has 0 spiro atoms. The molecule has 66 valence electrons. The third-order valence-corrected chi connectivity index (χ3v) is 1.56. The van der Waals surface area contributed by atoms with E-state index in [1.54, 1.807) is 24.3 Å². The van der Waals surface area contributed by atoms with Crippen molar-refractivity contribution in [3.8, 4) is 5.75 Å². The Kier molecular flexibility index (Phi) is 2.69. The van der Waals surface area contributed by atoms with E-state index in [2.05, 4.69) is 0 Å². The lowest BCUT2D eigenvalue weighted by molar-refractivity contribution is -0.136. The maximum absolute atomic E-state index is 10.2. The van der Waals surface area contributed by atoms with Gasteiger partial charge >= 0.3 is 5.97 Å². The summed E-state index contributed by atoms with van der Waals surface area (Å²) in [4.78, 5) is 10.2. The number of aliphatic carboxylic acids is 1. The summed E-state index contributed by atoms with van der Waals surface area (Å²) in [5, 5.41) is 17.3. The molecule has 0 aliphatic carbocycles. The Bertz CT molecular complexity index is 269. The highest BCUT2D eigenvalue weighted by Crippen LogP contribution is 2.10. The molecule has 0 saturated carbocycles. The van der Waals surface area contributed by atoms with Gasteiger partial charge in [-0.05, 0) is 24.1 Å². The molecule has 0 aliphatic heterocycles. The molecule has 1 aromatic rings. The zero-order valence-electron chi connectivity index (χ0n) is 6.53. The second kappa shape index (κ2) is 3.76. The van der Waals surface area contributed by atoms with Crippen molar-refractivity contribution in [3.63, 3.8) is 0 Å². The van der Waals surface area contributed by atoms with Gasteiger partial charge < -0.3 is 10.2 Å². The standard InChI is InChI=1S/C9H10O3.H2/c10-8-4-1-7(2-5-8)3-6-9(11)12;/h1-2,4-5,10H,3,6H2,(H,11,12);1H. The number of hydrogen-bond acceptors (Lipinski definition) is 2. The first-order valence-electron chi connectivity index (χ1n) is 3.68. The Morgan fingerprint density at radius 2 is 1.92 bits per heavy atom. The number of phenolic OH excluding ortho intramolecular Hbond substituents is 1. The average molecular weight is 168 g/mol. The number of aromatic hydroxyl groups is 1. The first kappa shape index (κ1) is 8.59. The van der Waals surface area contributed by atoms with Crippen molar-refractivity contribution in [2.24, 2.45) is 0 Å². The van der Waals surface area contributed by atoms with Gasteiger partial charge in [-0.2, -0.15) is 0 Å². The maximum atomic E-state index is 10.2. The van der Waals surface area contributed by atoms with Crippen LogP contribution >= 0.6 is 0 Å². The molecule has 0 aromatic heterocycles. The maximum Gasteiger partial charge on any atom is 0.303 e.